The Morgan fingerprint density at radius 1 is 1.44 bits per heavy atom. The third-order valence-corrected chi connectivity index (χ3v) is 3.95. The average Bonchev–Trinajstić information content (AvgIpc) is 2.73. The molecule has 0 fully saturated rings. The van der Waals surface area contributed by atoms with E-state index in [0.717, 1.165) is 36.4 Å². The molecule has 0 saturated carbocycles. The van der Waals surface area contributed by atoms with Gasteiger partial charge < -0.3 is 4.57 Å². The first kappa shape index (κ1) is 13.7. The fourth-order valence-electron chi connectivity index (χ4n) is 1.98. The molecule has 0 aliphatic heterocycles. The molecule has 0 unspecified atom stereocenters. The van der Waals surface area contributed by atoms with Crippen LogP contribution in [0.25, 0.3) is 11.2 Å². The number of hydrogen-bond acceptors (Lipinski definition) is 3. The van der Waals surface area contributed by atoms with Gasteiger partial charge in [0.05, 0.1) is 0 Å². The van der Waals surface area contributed by atoms with E-state index in [0.29, 0.717) is 5.88 Å². The lowest BCUT2D eigenvalue weighted by Gasteiger charge is -2.07. The third-order valence-electron chi connectivity index (χ3n) is 2.78. The van der Waals surface area contributed by atoms with E-state index in [9.17, 15) is 0 Å². The Hall–Kier alpha value is -0.740. The molecule has 0 saturated heterocycles. The molecule has 2 aromatic rings. The Kier molecular flexibility index (Phi) is 5.32. The van der Waals surface area contributed by atoms with Gasteiger partial charge in [0.2, 0.25) is 0 Å². The lowest BCUT2D eigenvalue weighted by molar-refractivity contribution is 0.659. The highest BCUT2D eigenvalue weighted by molar-refractivity contribution is 7.99. The first-order valence-corrected chi connectivity index (χ1v) is 7.99. The highest BCUT2D eigenvalue weighted by atomic mass is 35.5. The van der Waals surface area contributed by atoms with E-state index in [1.54, 1.807) is 0 Å². The molecule has 0 spiro atoms. The fraction of sp³-hybridized carbons (Fsp3) is 0.538. The van der Waals surface area contributed by atoms with Crippen LogP contribution >= 0.6 is 23.4 Å². The number of aryl methyl sites for hydroxylation is 2. The van der Waals surface area contributed by atoms with Gasteiger partial charge in [-0.25, -0.2) is 9.97 Å². The van der Waals surface area contributed by atoms with Crippen LogP contribution < -0.4 is 0 Å². The summed E-state index contributed by atoms with van der Waals surface area (Å²) < 4.78 is 2.22. The quantitative estimate of drug-likeness (QED) is 0.577. The summed E-state index contributed by atoms with van der Waals surface area (Å²) in [4.78, 5) is 9.04. The van der Waals surface area contributed by atoms with Crippen LogP contribution in [0.4, 0.5) is 0 Å². The summed E-state index contributed by atoms with van der Waals surface area (Å²) >= 11 is 7.82. The van der Waals surface area contributed by atoms with E-state index in [1.807, 2.05) is 30.1 Å². The number of rotatable bonds is 7. The van der Waals surface area contributed by atoms with Crippen LogP contribution in [0, 0.1) is 0 Å². The average molecular weight is 284 g/mol. The molecule has 0 aromatic carbocycles. The smallest absolute Gasteiger partial charge is 0.159 e. The Morgan fingerprint density at radius 3 is 3.11 bits per heavy atom. The Bertz CT molecular complexity index is 498. The van der Waals surface area contributed by atoms with Crippen molar-refractivity contribution in [2.45, 2.75) is 26.3 Å². The van der Waals surface area contributed by atoms with Gasteiger partial charge in [-0.15, -0.1) is 11.6 Å². The van der Waals surface area contributed by atoms with Gasteiger partial charge in [0, 0.05) is 25.0 Å². The van der Waals surface area contributed by atoms with E-state index in [2.05, 4.69) is 21.5 Å². The second-order valence-corrected chi connectivity index (χ2v) is 5.79. The Morgan fingerprint density at radius 2 is 2.33 bits per heavy atom. The maximum Gasteiger partial charge on any atom is 0.159 e. The van der Waals surface area contributed by atoms with Crippen LogP contribution in [0.15, 0.2) is 18.3 Å². The minimum atomic E-state index is 0.604. The van der Waals surface area contributed by atoms with Gasteiger partial charge in [0.1, 0.15) is 11.3 Å². The Balaban J connectivity index is 2.19. The number of thioether (sulfide) groups is 1. The zero-order valence-electron chi connectivity index (χ0n) is 10.6. The molecule has 0 bridgehead atoms. The summed E-state index contributed by atoms with van der Waals surface area (Å²) in [5.74, 6) is 4.02. The number of halogens is 1. The zero-order chi connectivity index (χ0) is 12.8. The van der Waals surface area contributed by atoms with Crippen LogP contribution in [-0.2, 0) is 13.0 Å². The van der Waals surface area contributed by atoms with E-state index in [4.69, 9.17) is 11.6 Å². The van der Waals surface area contributed by atoms with E-state index in [-0.39, 0.29) is 0 Å². The summed E-state index contributed by atoms with van der Waals surface area (Å²) in [5, 5.41) is 0. The molecule has 18 heavy (non-hydrogen) atoms. The number of hydrogen-bond donors (Lipinski definition) is 0. The number of alkyl halides is 1. The summed E-state index contributed by atoms with van der Waals surface area (Å²) in [5.41, 5.74) is 1.96. The molecule has 3 nitrogen and oxygen atoms in total. The lowest BCUT2D eigenvalue weighted by Crippen LogP contribution is -2.06. The molecule has 0 amide bonds. The van der Waals surface area contributed by atoms with Crippen LogP contribution in [0.5, 0.6) is 0 Å². The first-order chi connectivity index (χ1) is 8.86. The molecule has 0 N–H and O–H groups in total. The molecular formula is C13H18ClN3S. The predicted molar refractivity (Wildman–Crippen MR) is 79.6 cm³/mol. The molecular weight excluding hydrogens is 266 g/mol. The SMILES string of the molecule is CCSCCCn1c(CCCl)nc2cccnc21. The van der Waals surface area contributed by atoms with Crippen LogP contribution in [-0.4, -0.2) is 31.9 Å². The minimum absolute atomic E-state index is 0.604. The molecule has 2 aromatic heterocycles. The van der Waals surface area contributed by atoms with E-state index < -0.39 is 0 Å². The Labute approximate surface area is 117 Å². The highest BCUT2D eigenvalue weighted by Gasteiger charge is 2.10. The van der Waals surface area contributed by atoms with Crippen molar-refractivity contribution in [2.24, 2.45) is 0 Å². The zero-order valence-corrected chi connectivity index (χ0v) is 12.2. The molecule has 5 heteroatoms. The normalized spacial score (nSPS) is 11.2. The molecule has 2 rings (SSSR count). The van der Waals surface area contributed by atoms with Crippen molar-refractivity contribution in [1.29, 1.82) is 0 Å². The molecule has 0 atom stereocenters. The maximum absolute atomic E-state index is 5.84. The van der Waals surface area contributed by atoms with Gasteiger partial charge in [-0.2, -0.15) is 11.8 Å². The summed E-state index contributed by atoms with van der Waals surface area (Å²) in [6, 6.07) is 3.94. The van der Waals surface area contributed by atoms with Crippen molar-refractivity contribution in [3.8, 4) is 0 Å². The second kappa shape index (κ2) is 7.00. The number of aromatic nitrogens is 3. The number of pyridine rings is 1. The van der Waals surface area contributed by atoms with Gasteiger partial charge in [0.25, 0.3) is 0 Å². The summed E-state index contributed by atoms with van der Waals surface area (Å²) in [6.07, 6.45) is 3.78. The van der Waals surface area contributed by atoms with Crippen molar-refractivity contribution in [2.75, 3.05) is 17.4 Å². The largest absolute Gasteiger partial charge is 0.313 e. The second-order valence-electron chi connectivity index (χ2n) is 4.02. The van der Waals surface area contributed by atoms with Crippen molar-refractivity contribution < 1.29 is 0 Å². The lowest BCUT2D eigenvalue weighted by atomic mass is 10.4. The predicted octanol–water partition coefficient (Wildman–Crippen LogP) is 3.36. The van der Waals surface area contributed by atoms with Crippen molar-refractivity contribution in [3.63, 3.8) is 0 Å². The van der Waals surface area contributed by atoms with E-state index >= 15 is 0 Å². The number of imidazole rings is 1. The van der Waals surface area contributed by atoms with Gasteiger partial charge in [-0.3, -0.25) is 0 Å². The van der Waals surface area contributed by atoms with Gasteiger partial charge in [-0.1, -0.05) is 6.92 Å². The maximum atomic E-state index is 5.84. The molecule has 98 valence electrons. The van der Waals surface area contributed by atoms with Gasteiger partial charge in [-0.05, 0) is 30.1 Å². The third kappa shape index (κ3) is 3.18. The summed E-state index contributed by atoms with van der Waals surface area (Å²) in [6.45, 7) is 3.17. The molecule has 2 heterocycles. The van der Waals surface area contributed by atoms with Crippen LogP contribution in [0.2, 0.25) is 0 Å². The van der Waals surface area contributed by atoms with Crippen molar-refractivity contribution in [3.05, 3.63) is 24.2 Å². The monoisotopic (exact) mass is 283 g/mol. The van der Waals surface area contributed by atoms with E-state index in [1.165, 1.54) is 11.5 Å². The highest BCUT2D eigenvalue weighted by Crippen LogP contribution is 2.15. The minimum Gasteiger partial charge on any atom is -0.313 e. The fourth-order valence-corrected chi connectivity index (χ4v) is 2.78. The van der Waals surface area contributed by atoms with Crippen LogP contribution in [0.3, 0.4) is 0 Å². The number of nitrogens with zero attached hydrogens (tertiary/aromatic N) is 3. The van der Waals surface area contributed by atoms with Gasteiger partial charge in [0.15, 0.2) is 5.65 Å². The summed E-state index contributed by atoms with van der Waals surface area (Å²) in [7, 11) is 0. The standard InChI is InChI=1S/C13H18ClN3S/c1-2-18-10-4-9-17-12(6-7-14)16-11-5-3-8-15-13(11)17/h3,5,8H,2,4,6-7,9-10H2,1H3. The molecule has 0 radical (unpaired) electrons. The molecule has 0 aliphatic carbocycles. The van der Waals surface area contributed by atoms with Crippen LogP contribution in [0.1, 0.15) is 19.2 Å². The number of fused-ring (bicyclic) bond motifs is 1. The molecule has 0 aliphatic rings. The van der Waals surface area contributed by atoms with Gasteiger partial charge >= 0.3 is 0 Å². The first-order valence-electron chi connectivity index (χ1n) is 6.30. The van der Waals surface area contributed by atoms with Crippen molar-refractivity contribution >= 4 is 34.5 Å². The van der Waals surface area contributed by atoms with Crippen molar-refractivity contribution in [1.82, 2.24) is 14.5 Å². The topological polar surface area (TPSA) is 30.7 Å².